The van der Waals surface area contributed by atoms with E-state index in [1.807, 2.05) is 12.1 Å². The Labute approximate surface area is 119 Å². The van der Waals surface area contributed by atoms with Crippen molar-refractivity contribution in [1.82, 2.24) is 0 Å². The van der Waals surface area contributed by atoms with E-state index in [4.69, 9.17) is 9.47 Å². The van der Waals surface area contributed by atoms with Gasteiger partial charge in [-0.3, -0.25) is 0 Å². The van der Waals surface area contributed by atoms with Gasteiger partial charge in [-0.15, -0.1) is 0 Å². The number of ether oxygens (including phenoxy) is 2. The Bertz CT molecular complexity index is 620. The summed E-state index contributed by atoms with van der Waals surface area (Å²) in [6, 6.07) is 12.5. The maximum atomic E-state index is 5.93. The number of aryl methyl sites for hydroxylation is 2. The molecule has 3 nitrogen and oxygen atoms in total. The molecule has 0 saturated heterocycles. The van der Waals surface area contributed by atoms with Crippen molar-refractivity contribution in [3.8, 4) is 11.5 Å². The predicted octanol–water partition coefficient (Wildman–Crippen LogP) is 3.67. The van der Waals surface area contributed by atoms with E-state index in [2.05, 4.69) is 43.0 Å². The summed E-state index contributed by atoms with van der Waals surface area (Å²) in [5.41, 5.74) is 4.90. The van der Waals surface area contributed by atoms with Crippen molar-refractivity contribution < 1.29 is 9.47 Å². The molecular weight excluding hydrogens is 250 g/mol. The maximum Gasteiger partial charge on any atom is 0.161 e. The summed E-state index contributed by atoms with van der Waals surface area (Å²) < 4.78 is 11.1. The summed E-state index contributed by atoms with van der Waals surface area (Å²) in [5, 5.41) is 0. The molecule has 3 heteroatoms. The van der Waals surface area contributed by atoms with E-state index in [1.54, 1.807) is 7.11 Å². The van der Waals surface area contributed by atoms with E-state index in [1.165, 1.54) is 16.7 Å². The molecular formula is C17H19NO2. The molecule has 0 radical (unpaired) electrons. The molecule has 0 saturated carbocycles. The summed E-state index contributed by atoms with van der Waals surface area (Å²) >= 11 is 0. The van der Waals surface area contributed by atoms with Crippen LogP contribution in [0.2, 0.25) is 0 Å². The fourth-order valence-electron chi connectivity index (χ4n) is 2.72. The molecule has 2 aromatic carbocycles. The third-order valence-corrected chi connectivity index (χ3v) is 3.66. The van der Waals surface area contributed by atoms with Gasteiger partial charge in [0.1, 0.15) is 11.5 Å². The van der Waals surface area contributed by atoms with E-state index in [0.717, 1.165) is 23.7 Å². The first-order valence-corrected chi connectivity index (χ1v) is 6.79. The Morgan fingerprint density at radius 3 is 2.55 bits per heavy atom. The Balaban J connectivity index is 1.87. The summed E-state index contributed by atoms with van der Waals surface area (Å²) in [6.45, 7) is 5.70. The van der Waals surface area contributed by atoms with Crippen LogP contribution in [0.5, 0.6) is 11.5 Å². The second-order valence-electron chi connectivity index (χ2n) is 5.24. The minimum absolute atomic E-state index is 0.587. The Kier molecular flexibility index (Phi) is 3.26. The van der Waals surface area contributed by atoms with Gasteiger partial charge in [0.2, 0.25) is 0 Å². The lowest BCUT2D eigenvalue weighted by Crippen LogP contribution is -2.32. The Morgan fingerprint density at radius 2 is 1.85 bits per heavy atom. The van der Waals surface area contributed by atoms with E-state index in [0.29, 0.717) is 6.73 Å². The number of fused-ring (bicyclic) bond motifs is 1. The summed E-state index contributed by atoms with van der Waals surface area (Å²) in [6.07, 6.45) is 0. The zero-order valence-corrected chi connectivity index (χ0v) is 12.1. The molecule has 0 unspecified atom stereocenters. The number of benzene rings is 2. The van der Waals surface area contributed by atoms with E-state index in [9.17, 15) is 0 Å². The van der Waals surface area contributed by atoms with E-state index >= 15 is 0 Å². The lowest BCUT2D eigenvalue weighted by molar-refractivity contribution is 0.287. The molecule has 1 heterocycles. The zero-order valence-electron chi connectivity index (χ0n) is 12.1. The van der Waals surface area contributed by atoms with Crippen LogP contribution >= 0.6 is 0 Å². The largest absolute Gasteiger partial charge is 0.497 e. The third kappa shape index (κ3) is 2.31. The molecule has 0 aliphatic carbocycles. The Morgan fingerprint density at radius 1 is 1.10 bits per heavy atom. The summed E-state index contributed by atoms with van der Waals surface area (Å²) in [5.74, 6) is 1.92. The first kappa shape index (κ1) is 12.9. The predicted molar refractivity (Wildman–Crippen MR) is 80.6 cm³/mol. The first-order chi connectivity index (χ1) is 9.67. The topological polar surface area (TPSA) is 21.7 Å². The minimum Gasteiger partial charge on any atom is -0.497 e. The molecule has 0 spiro atoms. The number of hydrogen-bond acceptors (Lipinski definition) is 3. The van der Waals surface area contributed by atoms with Crippen molar-refractivity contribution >= 4 is 5.69 Å². The van der Waals surface area contributed by atoms with Gasteiger partial charge in [-0.2, -0.15) is 0 Å². The van der Waals surface area contributed by atoms with Gasteiger partial charge >= 0.3 is 0 Å². The second-order valence-corrected chi connectivity index (χ2v) is 5.24. The zero-order chi connectivity index (χ0) is 14.1. The number of rotatable bonds is 2. The van der Waals surface area contributed by atoms with Crippen molar-refractivity contribution in [1.29, 1.82) is 0 Å². The molecule has 0 atom stereocenters. The smallest absolute Gasteiger partial charge is 0.161 e. The third-order valence-electron chi connectivity index (χ3n) is 3.66. The van der Waals surface area contributed by atoms with Crippen LogP contribution in [0, 0.1) is 13.8 Å². The highest BCUT2D eigenvalue weighted by Gasteiger charge is 2.19. The maximum absolute atomic E-state index is 5.93. The standard InChI is InChI=1S/C17H19NO2/c1-12-8-13(2)17-14(9-12)10-18(11-20-17)15-4-6-16(19-3)7-5-15/h4-9H,10-11H2,1-3H3. The monoisotopic (exact) mass is 269 g/mol. The fourth-order valence-corrected chi connectivity index (χ4v) is 2.72. The van der Waals surface area contributed by atoms with Crippen LogP contribution in [-0.2, 0) is 6.54 Å². The van der Waals surface area contributed by atoms with Gasteiger partial charge in [-0.25, -0.2) is 0 Å². The van der Waals surface area contributed by atoms with Crippen LogP contribution in [0.25, 0.3) is 0 Å². The molecule has 0 fully saturated rings. The molecule has 104 valence electrons. The molecule has 0 bridgehead atoms. The van der Waals surface area contributed by atoms with Crippen molar-refractivity contribution in [3.05, 3.63) is 53.1 Å². The van der Waals surface area contributed by atoms with Gasteiger partial charge in [-0.1, -0.05) is 17.7 Å². The van der Waals surface area contributed by atoms with Gasteiger partial charge in [-0.05, 0) is 43.7 Å². The van der Waals surface area contributed by atoms with Gasteiger partial charge in [0.25, 0.3) is 0 Å². The van der Waals surface area contributed by atoms with Crippen LogP contribution < -0.4 is 14.4 Å². The summed E-state index contributed by atoms with van der Waals surface area (Å²) in [7, 11) is 1.68. The average molecular weight is 269 g/mol. The fraction of sp³-hybridized carbons (Fsp3) is 0.294. The van der Waals surface area contributed by atoms with Crippen molar-refractivity contribution in [2.24, 2.45) is 0 Å². The SMILES string of the molecule is COc1ccc(N2COc3c(C)cc(C)cc3C2)cc1. The van der Waals surface area contributed by atoms with Gasteiger partial charge < -0.3 is 14.4 Å². The van der Waals surface area contributed by atoms with Crippen LogP contribution in [0.1, 0.15) is 16.7 Å². The van der Waals surface area contributed by atoms with E-state index < -0.39 is 0 Å². The molecule has 20 heavy (non-hydrogen) atoms. The molecule has 0 aromatic heterocycles. The number of nitrogens with zero attached hydrogens (tertiary/aromatic N) is 1. The lowest BCUT2D eigenvalue weighted by Gasteiger charge is -2.32. The molecule has 1 aliphatic heterocycles. The van der Waals surface area contributed by atoms with Crippen molar-refractivity contribution in [3.63, 3.8) is 0 Å². The van der Waals surface area contributed by atoms with Gasteiger partial charge in [0.05, 0.1) is 7.11 Å². The number of methoxy groups -OCH3 is 1. The highest BCUT2D eigenvalue weighted by atomic mass is 16.5. The van der Waals surface area contributed by atoms with Crippen LogP contribution in [0.3, 0.4) is 0 Å². The van der Waals surface area contributed by atoms with Crippen LogP contribution in [0.15, 0.2) is 36.4 Å². The summed E-state index contributed by atoms with van der Waals surface area (Å²) in [4.78, 5) is 2.22. The number of anilines is 1. The molecule has 0 amide bonds. The minimum atomic E-state index is 0.587. The molecule has 3 rings (SSSR count). The van der Waals surface area contributed by atoms with Crippen molar-refractivity contribution in [2.75, 3.05) is 18.7 Å². The second kappa shape index (κ2) is 5.08. The molecule has 2 aromatic rings. The van der Waals surface area contributed by atoms with Crippen molar-refractivity contribution in [2.45, 2.75) is 20.4 Å². The molecule has 0 N–H and O–H groups in total. The normalized spacial score (nSPS) is 13.7. The van der Waals surface area contributed by atoms with Gasteiger partial charge in [0.15, 0.2) is 6.73 Å². The highest BCUT2D eigenvalue weighted by Crippen LogP contribution is 2.32. The van der Waals surface area contributed by atoms with Crippen LogP contribution in [0.4, 0.5) is 5.69 Å². The first-order valence-electron chi connectivity index (χ1n) is 6.79. The van der Waals surface area contributed by atoms with Gasteiger partial charge in [0, 0.05) is 17.8 Å². The number of hydrogen-bond donors (Lipinski definition) is 0. The lowest BCUT2D eigenvalue weighted by atomic mass is 10.0. The quantitative estimate of drug-likeness (QED) is 0.830. The molecule has 1 aliphatic rings. The van der Waals surface area contributed by atoms with Crippen LogP contribution in [-0.4, -0.2) is 13.8 Å². The highest BCUT2D eigenvalue weighted by molar-refractivity contribution is 5.53. The Hall–Kier alpha value is -2.16. The average Bonchev–Trinajstić information content (AvgIpc) is 2.46. The van der Waals surface area contributed by atoms with E-state index in [-0.39, 0.29) is 0 Å².